The summed E-state index contributed by atoms with van der Waals surface area (Å²) in [5.41, 5.74) is 0.949. The Morgan fingerprint density at radius 2 is 2.00 bits per heavy atom. The van der Waals surface area contributed by atoms with Gasteiger partial charge >= 0.3 is 0 Å². The second kappa shape index (κ2) is 7.90. The summed E-state index contributed by atoms with van der Waals surface area (Å²) in [7, 11) is 0. The van der Waals surface area contributed by atoms with Crippen molar-refractivity contribution in [1.29, 1.82) is 0 Å². The van der Waals surface area contributed by atoms with Gasteiger partial charge in [0.15, 0.2) is 6.10 Å². The maximum absolute atomic E-state index is 12.9. The van der Waals surface area contributed by atoms with Gasteiger partial charge in [-0.15, -0.1) is 0 Å². The van der Waals surface area contributed by atoms with Crippen LogP contribution in [0.5, 0.6) is 0 Å². The average Bonchev–Trinajstić information content (AvgIpc) is 3.11. The first kappa shape index (κ1) is 16.4. The molecule has 2 aliphatic heterocycles. The number of carbonyl (C=O) groups excluding carboxylic acids is 1. The van der Waals surface area contributed by atoms with Crippen LogP contribution in [-0.4, -0.2) is 67.6 Å². The van der Waals surface area contributed by atoms with Crippen molar-refractivity contribution in [2.75, 3.05) is 45.9 Å². The van der Waals surface area contributed by atoms with E-state index in [-0.39, 0.29) is 5.91 Å². The summed E-state index contributed by atoms with van der Waals surface area (Å²) in [4.78, 5) is 17.4. The lowest BCUT2D eigenvalue weighted by atomic mass is 10.1. The van der Waals surface area contributed by atoms with Crippen LogP contribution in [0.25, 0.3) is 0 Å². The molecule has 0 radical (unpaired) electrons. The van der Waals surface area contributed by atoms with Gasteiger partial charge in [-0.05, 0) is 18.9 Å². The fourth-order valence-electron chi connectivity index (χ4n) is 3.56. The van der Waals surface area contributed by atoms with E-state index in [1.807, 2.05) is 42.2 Å². The molecule has 1 aromatic rings. The van der Waals surface area contributed by atoms with Gasteiger partial charge in [-0.3, -0.25) is 9.69 Å². The molecule has 2 unspecified atom stereocenters. The van der Waals surface area contributed by atoms with Crippen molar-refractivity contribution in [3.63, 3.8) is 0 Å². The third-order valence-electron chi connectivity index (χ3n) is 4.80. The fourth-order valence-corrected chi connectivity index (χ4v) is 3.56. The van der Waals surface area contributed by atoms with Crippen LogP contribution in [0.15, 0.2) is 30.3 Å². The van der Waals surface area contributed by atoms with E-state index in [4.69, 9.17) is 4.74 Å². The predicted octanol–water partition coefficient (Wildman–Crippen LogP) is 1.27. The van der Waals surface area contributed by atoms with Gasteiger partial charge < -0.3 is 15.0 Å². The molecule has 5 nitrogen and oxygen atoms in total. The summed E-state index contributed by atoms with van der Waals surface area (Å²) >= 11 is 0. The Morgan fingerprint density at radius 3 is 2.70 bits per heavy atom. The highest BCUT2D eigenvalue weighted by Gasteiger charge is 2.34. The first-order chi connectivity index (χ1) is 11.3. The lowest BCUT2D eigenvalue weighted by Gasteiger charge is -2.32. The minimum Gasteiger partial charge on any atom is -0.364 e. The van der Waals surface area contributed by atoms with Gasteiger partial charge in [0.1, 0.15) is 0 Å². The number of benzene rings is 1. The third kappa shape index (κ3) is 3.91. The van der Waals surface area contributed by atoms with Gasteiger partial charge in [0.05, 0.1) is 0 Å². The normalized spacial score (nSPS) is 23.9. The maximum atomic E-state index is 12.9. The minimum atomic E-state index is -0.469. The van der Waals surface area contributed by atoms with Crippen molar-refractivity contribution < 1.29 is 9.53 Å². The van der Waals surface area contributed by atoms with Crippen LogP contribution >= 0.6 is 0 Å². The molecule has 2 fully saturated rings. The molecule has 1 N–H and O–H groups in total. The highest BCUT2D eigenvalue weighted by molar-refractivity contribution is 5.82. The fraction of sp³-hybridized carbons (Fsp3) is 0.611. The number of ether oxygens (including phenoxy) is 1. The van der Waals surface area contributed by atoms with Crippen LogP contribution in [0.3, 0.4) is 0 Å². The smallest absolute Gasteiger partial charge is 0.256 e. The molecule has 2 aliphatic rings. The van der Waals surface area contributed by atoms with Gasteiger partial charge in [0.2, 0.25) is 0 Å². The molecule has 126 valence electrons. The Balaban J connectivity index is 1.64. The minimum absolute atomic E-state index is 0.107. The zero-order valence-electron chi connectivity index (χ0n) is 13.9. The number of carbonyl (C=O) groups is 1. The van der Waals surface area contributed by atoms with E-state index in [0.717, 1.165) is 51.3 Å². The first-order valence-corrected chi connectivity index (χ1v) is 8.69. The average molecular weight is 317 g/mol. The highest BCUT2D eigenvalue weighted by atomic mass is 16.5. The number of amides is 1. The van der Waals surface area contributed by atoms with Crippen molar-refractivity contribution in [3.05, 3.63) is 35.9 Å². The predicted molar refractivity (Wildman–Crippen MR) is 90.2 cm³/mol. The number of nitrogens with zero attached hydrogens (tertiary/aromatic N) is 2. The number of hydrogen-bond donors (Lipinski definition) is 1. The maximum Gasteiger partial charge on any atom is 0.256 e. The van der Waals surface area contributed by atoms with Gasteiger partial charge in [-0.1, -0.05) is 30.3 Å². The van der Waals surface area contributed by atoms with Crippen molar-refractivity contribution >= 4 is 5.91 Å². The summed E-state index contributed by atoms with van der Waals surface area (Å²) in [6, 6.07) is 10.3. The molecule has 0 aliphatic carbocycles. The third-order valence-corrected chi connectivity index (χ3v) is 4.80. The van der Waals surface area contributed by atoms with E-state index in [0.29, 0.717) is 12.6 Å². The molecule has 0 saturated carbocycles. The van der Waals surface area contributed by atoms with Gasteiger partial charge in [-0.25, -0.2) is 0 Å². The van der Waals surface area contributed by atoms with Crippen molar-refractivity contribution in [2.45, 2.75) is 25.5 Å². The van der Waals surface area contributed by atoms with E-state index >= 15 is 0 Å². The molecule has 2 saturated heterocycles. The molecule has 5 heteroatoms. The molecule has 0 spiro atoms. The second-order valence-electron chi connectivity index (χ2n) is 6.26. The number of nitrogens with one attached hydrogen (secondary N) is 1. The van der Waals surface area contributed by atoms with Gasteiger partial charge in [0, 0.05) is 51.9 Å². The van der Waals surface area contributed by atoms with Crippen LogP contribution in [0, 0.1) is 0 Å². The molecule has 2 heterocycles. The SMILES string of the molecule is CCOC(C(=O)N1CCC(N2CCNCC2)C1)c1ccccc1. The van der Waals surface area contributed by atoms with E-state index in [9.17, 15) is 4.79 Å². The molecule has 2 atom stereocenters. The van der Waals surface area contributed by atoms with Crippen LogP contribution in [0.1, 0.15) is 25.0 Å². The van der Waals surface area contributed by atoms with E-state index in [1.54, 1.807) is 0 Å². The lowest BCUT2D eigenvalue weighted by Crippen LogP contribution is -2.49. The van der Waals surface area contributed by atoms with Crippen molar-refractivity contribution in [2.24, 2.45) is 0 Å². The Hall–Kier alpha value is -1.43. The lowest BCUT2D eigenvalue weighted by molar-refractivity contribution is -0.143. The standard InChI is InChI=1S/C18H27N3O2/c1-2-23-17(15-6-4-3-5-7-15)18(22)21-11-8-16(14-21)20-12-9-19-10-13-20/h3-7,16-17,19H,2,8-14H2,1H3. The quantitative estimate of drug-likeness (QED) is 0.888. The summed E-state index contributed by atoms with van der Waals surface area (Å²) in [6.45, 7) is 8.42. The number of likely N-dealkylation sites (tertiary alicyclic amines) is 1. The zero-order chi connectivity index (χ0) is 16.1. The highest BCUT2D eigenvalue weighted by Crippen LogP contribution is 2.24. The summed E-state index contributed by atoms with van der Waals surface area (Å²) in [5, 5.41) is 3.39. The van der Waals surface area contributed by atoms with E-state index in [1.165, 1.54) is 0 Å². The molecule has 3 rings (SSSR count). The molecule has 23 heavy (non-hydrogen) atoms. The van der Waals surface area contributed by atoms with E-state index < -0.39 is 6.10 Å². The first-order valence-electron chi connectivity index (χ1n) is 8.69. The van der Waals surface area contributed by atoms with Gasteiger partial charge in [0.25, 0.3) is 5.91 Å². The molecule has 0 aromatic heterocycles. The van der Waals surface area contributed by atoms with Crippen LogP contribution in [0.4, 0.5) is 0 Å². The van der Waals surface area contributed by atoms with E-state index in [2.05, 4.69) is 10.2 Å². The molecule has 1 amide bonds. The van der Waals surface area contributed by atoms with Crippen LogP contribution < -0.4 is 5.32 Å². The topological polar surface area (TPSA) is 44.8 Å². The Labute approximate surface area is 138 Å². The van der Waals surface area contributed by atoms with Crippen molar-refractivity contribution in [1.82, 2.24) is 15.1 Å². The number of piperazine rings is 1. The summed E-state index contributed by atoms with van der Waals surface area (Å²) < 4.78 is 5.77. The zero-order valence-corrected chi connectivity index (χ0v) is 13.9. The Morgan fingerprint density at radius 1 is 1.26 bits per heavy atom. The van der Waals surface area contributed by atoms with Gasteiger partial charge in [-0.2, -0.15) is 0 Å². The second-order valence-corrected chi connectivity index (χ2v) is 6.26. The Kier molecular flexibility index (Phi) is 5.65. The molecule has 0 bridgehead atoms. The largest absolute Gasteiger partial charge is 0.364 e. The monoisotopic (exact) mass is 317 g/mol. The molecular formula is C18H27N3O2. The summed E-state index contributed by atoms with van der Waals surface area (Å²) in [5.74, 6) is 0.107. The van der Waals surface area contributed by atoms with Crippen LogP contribution in [0.2, 0.25) is 0 Å². The number of hydrogen-bond acceptors (Lipinski definition) is 4. The molecular weight excluding hydrogens is 290 g/mol. The molecule has 1 aromatic carbocycles. The summed E-state index contributed by atoms with van der Waals surface area (Å²) in [6.07, 6.45) is 0.599. The Bertz CT molecular complexity index is 502. The van der Waals surface area contributed by atoms with Crippen molar-refractivity contribution in [3.8, 4) is 0 Å². The number of rotatable bonds is 5. The van der Waals surface area contributed by atoms with Crippen LogP contribution in [-0.2, 0) is 9.53 Å².